The van der Waals surface area contributed by atoms with Crippen molar-refractivity contribution < 1.29 is 8.42 Å². The number of hydrogen-bond acceptors (Lipinski definition) is 3. The minimum Gasteiger partial charge on any atom is -0.219 e. The predicted molar refractivity (Wildman–Crippen MR) is 58.2 cm³/mol. The van der Waals surface area contributed by atoms with Crippen LogP contribution in [0.25, 0.3) is 0 Å². The van der Waals surface area contributed by atoms with Crippen molar-refractivity contribution in [3.63, 3.8) is 0 Å². The van der Waals surface area contributed by atoms with Gasteiger partial charge in [-0.2, -0.15) is 5.26 Å². The molecule has 0 saturated heterocycles. The standard InChI is InChI=1S/C9H5Cl2NO2S/c10-7-2-1-3-9(4-7)15(13,14)6-8(11)5-12/h1-4,6H/b8-6+. The van der Waals surface area contributed by atoms with E-state index in [2.05, 4.69) is 0 Å². The molecular formula is C9H5Cl2NO2S. The average molecular weight is 262 g/mol. The molecule has 15 heavy (non-hydrogen) atoms. The van der Waals surface area contributed by atoms with Crippen molar-refractivity contribution in [1.82, 2.24) is 0 Å². The van der Waals surface area contributed by atoms with Gasteiger partial charge in [-0.3, -0.25) is 0 Å². The Kier molecular flexibility index (Phi) is 3.75. The van der Waals surface area contributed by atoms with E-state index in [1.165, 1.54) is 24.3 Å². The lowest BCUT2D eigenvalue weighted by molar-refractivity contribution is 0.604. The van der Waals surface area contributed by atoms with Crippen LogP contribution in [0, 0.1) is 11.3 Å². The highest BCUT2D eigenvalue weighted by atomic mass is 35.5. The average Bonchev–Trinajstić information content (AvgIpc) is 2.17. The summed E-state index contributed by atoms with van der Waals surface area (Å²) in [6.45, 7) is 0. The number of benzene rings is 1. The summed E-state index contributed by atoms with van der Waals surface area (Å²) in [6.07, 6.45) is 0. The van der Waals surface area contributed by atoms with Crippen molar-refractivity contribution in [2.24, 2.45) is 0 Å². The van der Waals surface area contributed by atoms with E-state index in [0.29, 0.717) is 10.4 Å². The zero-order chi connectivity index (χ0) is 11.5. The second kappa shape index (κ2) is 4.67. The highest BCUT2D eigenvalue weighted by Crippen LogP contribution is 2.19. The smallest absolute Gasteiger partial charge is 0.202 e. The zero-order valence-electron chi connectivity index (χ0n) is 7.31. The number of halogens is 2. The van der Waals surface area contributed by atoms with Gasteiger partial charge in [0.25, 0.3) is 0 Å². The molecule has 0 radical (unpaired) electrons. The molecule has 0 aliphatic heterocycles. The maximum absolute atomic E-state index is 11.6. The fourth-order valence-electron chi connectivity index (χ4n) is 0.875. The van der Waals surface area contributed by atoms with Gasteiger partial charge in [-0.1, -0.05) is 29.3 Å². The van der Waals surface area contributed by atoms with E-state index in [9.17, 15) is 8.42 Å². The first-order valence-electron chi connectivity index (χ1n) is 3.73. The monoisotopic (exact) mass is 261 g/mol. The second-order valence-corrected chi connectivity index (χ2v) is 5.22. The normalized spacial score (nSPS) is 12.2. The lowest BCUT2D eigenvalue weighted by atomic mass is 10.4. The van der Waals surface area contributed by atoms with E-state index in [0.717, 1.165) is 0 Å². The van der Waals surface area contributed by atoms with Crippen molar-refractivity contribution >= 4 is 33.0 Å². The summed E-state index contributed by atoms with van der Waals surface area (Å²) in [5.74, 6) is 0. The van der Waals surface area contributed by atoms with Gasteiger partial charge in [-0.15, -0.1) is 0 Å². The number of nitriles is 1. The van der Waals surface area contributed by atoms with Crippen LogP contribution in [-0.2, 0) is 9.84 Å². The lowest BCUT2D eigenvalue weighted by Crippen LogP contribution is -1.96. The SMILES string of the molecule is N#C/C(Cl)=C\S(=O)(=O)c1cccc(Cl)c1. The third-order valence-electron chi connectivity index (χ3n) is 1.49. The molecule has 0 fully saturated rings. The molecule has 3 nitrogen and oxygen atoms in total. The molecule has 6 heteroatoms. The first-order chi connectivity index (χ1) is 6.95. The molecule has 0 atom stereocenters. The highest BCUT2D eigenvalue weighted by molar-refractivity contribution is 7.94. The molecular weight excluding hydrogens is 257 g/mol. The van der Waals surface area contributed by atoms with E-state index in [1.807, 2.05) is 0 Å². The third-order valence-corrected chi connectivity index (χ3v) is 3.51. The summed E-state index contributed by atoms with van der Waals surface area (Å²) in [5, 5.41) is 8.96. The Morgan fingerprint density at radius 2 is 2.13 bits per heavy atom. The number of sulfone groups is 1. The van der Waals surface area contributed by atoms with Crippen LogP contribution >= 0.6 is 23.2 Å². The Morgan fingerprint density at radius 3 is 2.67 bits per heavy atom. The van der Waals surface area contributed by atoms with Crippen LogP contribution in [-0.4, -0.2) is 8.42 Å². The Balaban J connectivity index is 3.26. The van der Waals surface area contributed by atoms with Gasteiger partial charge in [0.1, 0.15) is 11.1 Å². The predicted octanol–water partition coefficient (Wildman–Crippen LogP) is 2.72. The van der Waals surface area contributed by atoms with Crippen LogP contribution < -0.4 is 0 Å². The molecule has 78 valence electrons. The van der Waals surface area contributed by atoms with Crippen LogP contribution in [0.3, 0.4) is 0 Å². The maximum Gasteiger partial charge on any atom is 0.202 e. The van der Waals surface area contributed by atoms with E-state index in [1.54, 1.807) is 6.07 Å². The first kappa shape index (κ1) is 12.1. The van der Waals surface area contributed by atoms with Gasteiger partial charge >= 0.3 is 0 Å². The summed E-state index contributed by atoms with van der Waals surface area (Å²) >= 11 is 11.0. The van der Waals surface area contributed by atoms with Crippen molar-refractivity contribution in [2.75, 3.05) is 0 Å². The molecule has 0 aliphatic carbocycles. The van der Waals surface area contributed by atoms with Gasteiger partial charge in [0.15, 0.2) is 0 Å². The van der Waals surface area contributed by atoms with Crippen molar-refractivity contribution in [2.45, 2.75) is 4.90 Å². The number of hydrogen-bond donors (Lipinski definition) is 0. The molecule has 0 bridgehead atoms. The van der Waals surface area contributed by atoms with E-state index >= 15 is 0 Å². The largest absolute Gasteiger partial charge is 0.219 e. The van der Waals surface area contributed by atoms with Crippen molar-refractivity contribution in [1.29, 1.82) is 5.26 Å². The topological polar surface area (TPSA) is 57.9 Å². The molecule has 0 aliphatic rings. The lowest BCUT2D eigenvalue weighted by Gasteiger charge is -1.98. The van der Waals surface area contributed by atoms with Gasteiger partial charge < -0.3 is 0 Å². The summed E-state index contributed by atoms with van der Waals surface area (Å²) in [4.78, 5) is 0.00315. The quantitative estimate of drug-likeness (QED) is 0.770. The fourth-order valence-corrected chi connectivity index (χ4v) is 2.50. The molecule has 0 amide bonds. The Labute approximate surface area is 97.5 Å². The summed E-state index contributed by atoms with van der Waals surface area (Å²) in [7, 11) is -3.70. The fraction of sp³-hybridized carbons (Fsp3) is 0. The van der Waals surface area contributed by atoms with Gasteiger partial charge in [-0.25, -0.2) is 8.42 Å². The maximum atomic E-state index is 11.6. The molecule has 1 rings (SSSR count). The summed E-state index contributed by atoms with van der Waals surface area (Å²) in [5.41, 5.74) is 0. The van der Waals surface area contributed by atoms with Crippen LogP contribution in [0.1, 0.15) is 0 Å². The molecule has 0 spiro atoms. The summed E-state index contributed by atoms with van der Waals surface area (Å²) < 4.78 is 23.2. The minimum atomic E-state index is -3.70. The zero-order valence-corrected chi connectivity index (χ0v) is 9.64. The Hall–Kier alpha value is -1.02. The van der Waals surface area contributed by atoms with E-state index in [4.69, 9.17) is 28.5 Å². The molecule has 0 aromatic heterocycles. The molecule has 1 aromatic carbocycles. The second-order valence-electron chi connectivity index (χ2n) is 2.58. The van der Waals surface area contributed by atoms with Crippen LogP contribution in [0.5, 0.6) is 0 Å². The summed E-state index contributed by atoms with van der Waals surface area (Å²) in [6, 6.07) is 7.24. The highest BCUT2D eigenvalue weighted by Gasteiger charge is 2.12. The van der Waals surface area contributed by atoms with Crippen LogP contribution in [0.2, 0.25) is 5.02 Å². The number of nitrogens with zero attached hydrogens (tertiary/aromatic N) is 1. The van der Waals surface area contributed by atoms with Crippen molar-refractivity contribution in [3.8, 4) is 6.07 Å². The number of rotatable bonds is 2. The van der Waals surface area contributed by atoms with E-state index < -0.39 is 14.9 Å². The van der Waals surface area contributed by atoms with Crippen LogP contribution in [0.4, 0.5) is 0 Å². The van der Waals surface area contributed by atoms with Gasteiger partial charge in [0, 0.05) is 5.02 Å². The van der Waals surface area contributed by atoms with E-state index in [-0.39, 0.29) is 4.90 Å². The molecule has 0 unspecified atom stereocenters. The van der Waals surface area contributed by atoms with Gasteiger partial charge in [-0.05, 0) is 18.2 Å². The molecule has 0 saturated carbocycles. The third kappa shape index (κ3) is 3.24. The molecule has 1 aromatic rings. The Morgan fingerprint density at radius 1 is 1.47 bits per heavy atom. The molecule has 0 N–H and O–H groups in total. The first-order valence-corrected chi connectivity index (χ1v) is 6.04. The Bertz CT molecular complexity index is 543. The molecule has 0 heterocycles. The van der Waals surface area contributed by atoms with Crippen LogP contribution in [0.15, 0.2) is 39.6 Å². The number of allylic oxidation sites excluding steroid dienone is 1. The van der Waals surface area contributed by atoms with Gasteiger partial charge in [0.2, 0.25) is 9.84 Å². The minimum absolute atomic E-state index is 0.00315. The van der Waals surface area contributed by atoms with Gasteiger partial charge in [0.05, 0.1) is 10.3 Å². The van der Waals surface area contributed by atoms with Crippen molar-refractivity contribution in [3.05, 3.63) is 39.7 Å².